The molecule has 1 saturated heterocycles. The average molecular weight is 473 g/mol. The van der Waals surface area contributed by atoms with E-state index in [-0.39, 0.29) is 5.91 Å². The van der Waals surface area contributed by atoms with E-state index in [1.165, 1.54) is 6.33 Å². The largest absolute Gasteiger partial charge is 0.474 e. The Labute approximate surface area is 201 Å². The van der Waals surface area contributed by atoms with Crippen LogP contribution in [0.4, 0.5) is 23.0 Å². The van der Waals surface area contributed by atoms with Gasteiger partial charge in [0.25, 0.3) is 5.91 Å². The molecule has 3 aromatic heterocycles. The molecule has 2 N–H and O–H groups in total. The van der Waals surface area contributed by atoms with Gasteiger partial charge in [-0.25, -0.2) is 19.5 Å². The molecule has 0 saturated carbocycles. The third kappa shape index (κ3) is 3.99. The van der Waals surface area contributed by atoms with Crippen LogP contribution in [-0.2, 0) is 9.53 Å². The van der Waals surface area contributed by atoms with Crippen molar-refractivity contribution in [3.8, 4) is 17.0 Å². The molecule has 2 aliphatic rings. The van der Waals surface area contributed by atoms with Crippen LogP contribution >= 0.6 is 0 Å². The molecule has 0 atom stereocenters. The fourth-order valence-electron chi connectivity index (χ4n) is 4.10. The zero-order chi connectivity index (χ0) is 24.0. The van der Waals surface area contributed by atoms with Crippen molar-refractivity contribution in [2.24, 2.45) is 0 Å². The third-order valence-corrected chi connectivity index (χ3v) is 6.06. The number of aromatic nitrogens is 5. The molecule has 0 aliphatic carbocycles. The summed E-state index contributed by atoms with van der Waals surface area (Å²) in [5.74, 6) is 1.20. The molecule has 5 heterocycles. The quantitative estimate of drug-likeness (QED) is 0.462. The third-order valence-electron chi connectivity index (χ3n) is 6.06. The number of benzene rings is 1. The highest BCUT2D eigenvalue weighted by Crippen LogP contribution is 2.35. The van der Waals surface area contributed by atoms with Crippen molar-refractivity contribution < 1.29 is 14.3 Å². The van der Waals surface area contributed by atoms with E-state index in [1.54, 1.807) is 30.8 Å². The van der Waals surface area contributed by atoms with Gasteiger partial charge in [-0.2, -0.15) is 5.10 Å². The lowest BCUT2D eigenvalue weighted by molar-refractivity contribution is -0.129. The predicted molar refractivity (Wildman–Crippen MR) is 130 cm³/mol. The highest BCUT2D eigenvalue weighted by atomic mass is 16.5. The van der Waals surface area contributed by atoms with Gasteiger partial charge in [0.1, 0.15) is 6.33 Å². The topological polar surface area (TPSA) is 119 Å². The van der Waals surface area contributed by atoms with Gasteiger partial charge < -0.3 is 25.0 Å². The molecule has 35 heavy (non-hydrogen) atoms. The molecule has 4 aromatic rings. The fourth-order valence-corrected chi connectivity index (χ4v) is 4.10. The highest BCUT2D eigenvalue weighted by Gasteiger charge is 2.36. The maximum absolute atomic E-state index is 12.2. The minimum absolute atomic E-state index is 0.237. The SMILES string of the molecule is CC1(C)Oc2cc(-c3cn4ncnc4c(Nc4ccc(N5CCOCC5)cc4)n3)cnc2NC1=O. The molecule has 1 aromatic carbocycles. The lowest BCUT2D eigenvalue weighted by Gasteiger charge is -2.30. The number of rotatable bonds is 4. The summed E-state index contributed by atoms with van der Waals surface area (Å²) in [7, 11) is 0. The van der Waals surface area contributed by atoms with Crippen molar-refractivity contribution in [1.82, 2.24) is 24.6 Å². The van der Waals surface area contributed by atoms with Crippen LogP contribution in [0, 0.1) is 0 Å². The molecule has 0 spiro atoms. The van der Waals surface area contributed by atoms with Gasteiger partial charge in [0.2, 0.25) is 0 Å². The highest BCUT2D eigenvalue weighted by molar-refractivity contribution is 5.99. The molecule has 0 radical (unpaired) electrons. The molecule has 178 valence electrons. The van der Waals surface area contributed by atoms with E-state index in [0.717, 1.165) is 43.2 Å². The molecule has 1 amide bonds. The summed E-state index contributed by atoms with van der Waals surface area (Å²) in [6.07, 6.45) is 4.91. The number of nitrogens with zero attached hydrogens (tertiary/aromatic N) is 6. The first-order valence-corrected chi connectivity index (χ1v) is 11.4. The maximum atomic E-state index is 12.2. The van der Waals surface area contributed by atoms with Gasteiger partial charge in [0.15, 0.2) is 28.6 Å². The van der Waals surface area contributed by atoms with Crippen LogP contribution in [0.1, 0.15) is 13.8 Å². The molecular weight excluding hydrogens is 448 g/mol. The number of anilines is 4. The van der Waals surface area contributed by atoms with Gasteiger partial charge in [-0.1, -0.05) is 0 Å². The Balaban J connectivity index is 1.31. The Hall–Kier alpha value is -4.25. The van der Waals surface area contributed by atoms with Crippen LogP contribution < -0.4 is 20.3 Å². The summed E-state index contributed by atoms with van der Waals surface area (Å²) in [6.45, 7) is 6.68. The van der Waals surface area contributed by atoms with Crippen LogP contribution in [0.25, 0.3) is 16.9 Å². The Morgan fingerprint density at radius 2 is 1.91 bits per heavy atom. The normalized spacial score (nSPS) is 17.0. The predicted octanol–water partition coefficient (Wildman–Crippen LogP) is 2.88. The molecule has 6 rings (SSSR count). The molecule has 2 aliphatic heterocycles. The van der Waals surface area contributed by atoms with Crippen molar-refractivity contribution in [2.75, 3.05) is 41.8 Å². The molecular formula is C24H24N8O3. The van der Waals surface area contributed by atoms with Crippen molar-refractivity contribution in [2.45, 2.75) is 19.4 Å². The average Bonchev–Trinajstić information content (AvgIpc) is 3.34. The summed E-state index contributed by atoms with van der Waals surface area (Å²) < 4.78 is 13.0. The Bertz CT molecular complexity index is 1410. The standard InChI is InChI=1S/C24H24N8O3/c1-24(2)23(33)30-20-19(35-24)11-15(12-25-20)18-13-32-22(26-14-27-32)21(29-18)28-16-3-5-17(6-4-16)31-7-9-34-10-8-31/h3-6,11-14H,7-10H2,1-2H3,(H,28,29)(H,25,30,33). The Kier molecular flexibility index (Phi) is 4.99. The first kappa shape index (κ1) is 21.3. The van der Waals surface area contributed by atoms with Crippen molar-refractivity contribution in [1.29, 1.82) is 0 Å². The van der Waals surface area contributed by atoms with Crippen molar-refractivity contribution in [3.63, 3.8) is 0 Å². The van der Waals surface area contributed by atoms with E-state index < -0.39 is 5.60 Å². The number of hydrogen-bond acceptors (Lipinski definition) is 9. The minimum atomic E-state index is -0.989. The van der Waals surface area contributed by atoms with Crippen LogP contribution in [0.3, 0.4) is 0 Å². The zero-order valence-corrected chi connectivity index (χ0v) is 19.4. The first-order valence-electron chi connectivity index (χ1n) is 11.4. The summed E-state index contributed by atoms with van der Waals surface area (Å²) in [4.78, 5) is 28.0. The number of carbonyl (C=O) groups is 1. The summed E-state index contributed by atoms with van der Waals surface area (Å²) in [5.41, 5.74) is 3.00. The van der Waals surface area contributed by atoms with Gasteiger partial charge in [0.05, 0.1) is 25.1 Å². The first-order chi connectivity index (χ1) is 17.0. The van der Waals surface area contributed by atoms with Crippen LogP contribution in [0.5, 0.6) is 5.75 Å². The van der Waals surface area contributed by atoms with Crippen molar-refractivity contribution in [3.05, 3.63) is 49.1 Å². The molecule has 11 heteroatoms. The second-order valence-electron chi connectivity index (χ2n) is 8.91. The molecule has 1 fully saturated rings. The van der Waals surface area contributed by atoms with Gasteiger partial charge in [-0.05, 0) is 44.2 Å². The van der Waals surface area contributed by atoms with E-state index in [9.17, 15) is 4.79 Å². The van der Waals surface area contributed by atoms with E-state index in [1.807, 2.05) is 18.2 Å². The summed E-state index contributed by atoms with van der Waals surface area (Å²) >= 11 is 0. The number of carbonyl (C=O) groups excluding carboxylic acids is 1. The van der Waals surface area contributed by atoms with E-state index >= 15 is 0 Å². The fraction of sp³-hybridized carbons (Fsp3) is 0.292. The number of hydrogen-bond donors (Lipinski definition) is 2. The van der Waals surface area contributed by atoms with E-state index in [4.69, 9.17) is 14.5 Å². The molecule has 0 bridgehead atoms. The van der Waals surface area contributed by atoms with Crippen LogP contribution in [-0.4, -0.2) is 62.4 Å². The second-order valence-corrected chi connectivity index (χ2v) is 8.91. The van der Waals surface area contributed by atoms with E-state index in [2.05, 4.69) is 42.7 Å². The molecule has 0 unspecified atom stereocenters. The maximum Gasteiger partial charge on any atom is 0.269 e. The number of ether oxygens (including phenoxy) is 2. The Morgan fingerprint density at radius 3 is 2.71 bits per heavy atom. The van der Waals surface area contributed by atoms with E-state index in [0.29, 0.717) is 28.7 Å². The van der Waals surface area contributed by atoms with Crippen molar-refractivity contribution >= 4 is 34.6 Å². The molecule has 11 nitrogen and oxygen atoms in total. The number of nitrogens with one attached hydrogen (secondary N) is 2. The second kappa shape index (κ2) is 8.20. The van der Waals surface area contributed by atoms with Gasteiger partial charge in [0, 0.05) is 36.2 Å². The number of fused-ring (bicyclic) bond motifs is 2. The summed E-state index contributed by atoms with van der Waals surface area (Å²) in [6, 6.07) is 10.0. The minimum Gasteiger partial charge on any atom is -0.474 e. The number of pyridine rings is 1. The van der Waals surface area contributed by atoms with Gasteiger partial charge in [-0.3, -0.25) is 4.79 Å². The van der Waals surface area contributed by atoms with Crippen LogP contribution in [0.2, 0.25) is 0 Å². The van der Waals surface area contributed by atoms with Crippen LogP contribution in [0.15, 0.2) is 49.1 Å². The zero-order valence-electron chi connectivity index (χ0n) is 19.4. The smallest absolute Gasteiger partial charge is 0.269 e. The summed E-state index contributed by atoms with van der Waals surface area (Å²) in [5, 5.41) is 10.5. The number of morpholine rings is 1. The lowest BCUT2D eigenvalue weighted by atomic mass is 10.1. The number of amides is 1. The van der Waals surface area contributed by atoms with Gasteiger partial charge in [-0.15, -0.1) is 0 Å². The van der Waals surface area contributed by atoms with Gasteiger partial charge >= 0.3 is 0 Å². The monoisotopic (exact) mass is 472 g/mol. The lowest BCUT2D eigenvalue weighted by Crippen LogP contribution is -2.45. The Morgan fingerprint density at radius 1 is 1.11 bits per heavy atom.